The number of nitrogens with zero attached hydrogens (tertiary/aromatic N) is 2. The number of carbonyl (C=O) groups excluding carboxylic acids is 1. The van der Waals surface area contributed by atoms with Crippen molar-refractivity contribution in [1.29, 1.82) is 0 Å². The third-order valence-electron chi connectivity index (χ3n) is 5.38. The Kier molecular flexibility index (Phi) is 6.75. The second kappa shape index (κ2) is 9.26. The van der Waals surface area contributed by atoms with Gasteiger partial charge in [-0.15, -0.1) is 0 Å². The van der Waals surface area contributed by atoms with Crippen molar-refractivity contribution < 1.29 is 13.6 Å². The number of aryl methyl sites for hydroxylation is 1. The minimum atomic E-state index is -0.873. The van der Waals surface area contributed by atoms with Gasteiger partial charge in [0.2, 0.25) is 5.91 Å². The van der Waals surface area contributed by atoms with Crippen molar-refractivity contribution in [2.24, 2.45) is 0 Å². The molecule has 28 heavy (non-hydrogen) atoms. The molecular formula is C22H27F2N3O. The van der Waals surface area contributed by atoms with Crippen LogP contribution in [-0.4, -0.2) is 48.4 Å². The van der Waals surface area contributed by atoms with Crippen molar-refractivity contribution >= 4 is 5.91 Å². The van der Waals surface area contributed by atoms with E-state index in [0.717, 1.165) is 25.7 Å². The molecule has 2 aromatic carbocycles. The van der Waals surface area contributed by atoms with E-state index in [9.17, 15) is 13.6 Å². The zero-order chi connectivity index (χ0) is 20.1. The summed E-state index contributed by atoms with van der Waals surface area (Å²) in [6.07, 6.45) is 0. The lowest BCUT2D eigenvalue weighted by molar-refractivity contribution is -0.132. The molecule has 0 aliphatic carbocycles. The molecule has 0 aromatic heterocycles. The van der Waals surface area contributed by atoms with Gasteiger partial charge in [-0.3, -0.25) is 9.69 Å². The van der Waals surface area contributed by atoms with Crippen LogP contribution in [0.1, 0.15) is 29.7 Å². The van der Waals surface area contributed by atoms with E-state index in [2.05, 4.69) is 35.3 Å². The fraction of sp³-hybridized carbons (Fsp3) is 0.409. The van der Waals surface area contributed by atoms with Crippen LogP contribution in [0.5, 0.6) is 0 Å². The molecule has 0 saturated carbocycles. The molecule has 0 radical (unpaired) electrons. The number of hydrogen-bond donors (Lipinski definition) is 1. The Morgan fingerprint density at radius 3 is 2.46 bits per heavy atom. The molecule has 0 spiro atoms. The van der Waals surface area contributed by atoms with Crippen molar-refractivity contribution in [3.8, 4) is 0 Å². The molecule has 4 nitrogen and oxygen atoms in total. The van der Waals surface area contributed by atoms with E-state index in [1.54, 1.807) is 0 Å². The zero-order valence-electron chi connectivity index (χ0n) is 16.4. The first kappa shape index (κ1) is 20.4. The fourth-order valence-corrected chi connectivity index (χ4v) is 3.44. The summed E-state index contributed by atoms with van der Waals surface area (Å²) >= 11 is 0. The summed E-state index contributed by atoms with van der Waals surface area (Å²) < 4.78 is 26.4. The molecule has 0 unspecified atom stereocenters. The quantitative estimate of drug-likeness (QED) is 0.826. The molecule has 1 aliphatic heterocycles. The summed E-state index contributed by atoms with van der Waals surface area (Å²) in [5.74, 6) is -1.71. The second-order valence-corrected chi connectivity index (χ2v) is 7.36. The van der Waals surface area contributed by atoms with Crippen LogP contribution in [0.15, 0.2) is 42.5 Å². The van der Waals surface area contributed by atoms with E-state index in [1.165, 1.54) is 23.3 Å². The standard InChI is InChI=1S/C22H27F2N3O/c1-16-5-3-4-6-19(16)15-26-9-11-27(12-10-26)22(28)14-25-17(2)18-7-8-20(23)21(24)13-18/h3-8,13,17,25H,9-12,14-15H2,1-2H3/t17-/m0/s1. The van der Waals surface area contributed by atoms with Crippen molar-refractivity contribution in [2.75, 3.05) is 32.7 Å². The highest BCUT2D eigenvalue weighted by Crippen LogP contribution is 2.16. The number of benzene rings is 2. The highest BCUT2D eigenvalue weighted by atomic mass is 19.2. The molecule has 6 heteroatoms. The summed E-state index contributed by atoms with van der Waals surface area (Å²) in [4.78, 5) is 16.7. The van der Waals surface area contributed by atoms with E-state index in [-0.39, 0.29) is 18.5 Å². The van der Waals surface area contributed by atoms with Crippen LogP contribution < -0.4 is 5.32 Å². The summed E-state index contributed by atoms with van der Waals surface area (Å²) in [5, 5.41) is 3.11. The van der Waals surface area contributed by atoms with Gasteiger partial charge in [0.05, 0.1) is 6.54 Å². The number of amides is 1. The Hall–Kier alpha value is -2.31. The number of nitrogens with one attached hydrogen (secondary N) is 1. The maximum atomic E-state index is 13.4. The Morgan fingerprint density at radius 2 is 1.79 bits per heavy atom. The molecule has 1 heterocycles. The highest BCUT2D eigenvalue weighted by molar-refractivity contribution is 5.78. The first-order valence-corrected chi connectivity index (χ1v) is 9.67. The van der Waals surface area contributed by atoms with E-state index < -0.39 is 11.6 Å². The number of halogens is 2. The maximum absolute atomic E-state index is 13.4. The summed E-state index contributed by atoms with van der Waals surface area (Å²) in [7, 11) is 0. The van der Waals surface area contributed by atoms with Gasteiger partial charge in [0.25, 0.3) is 0 Å². The van der Waals surface area contributed by atoms with Crippen LogP contribution in [0.4, 0.5) is 8.78 Å². The van der Waals surface area contributed by atoms with Crippen molar-refractivity contribution in [3.05, 3.63) is 70.8 Å². The summed E-state index contributed by atoms with van der Waals surface area (Å²) in [6.45, 7) is 8.13. The third kappa shape index (κ3) is 5.14. The molecule has 1 saturated heterocycles. The predicted octanol–water partition coefficient (Wildman–Crippen LogP) is 3.27. The Morgan fingerprint density at radius 1 is 1.07 bits per heavy atom. The molecular weight excluding hydrogens is 360 g/mol. The van der Waals surface area contributed by atoms with Gasteiger partial charge in [0.1, 0.15) is 0 Å². The molecule has 1 N–H and O–H groups in total. The SMILES string of the molecule is Cc1ccccc1CN1CCN(C(=O)CN[C@@H](C)c2ccc(F)c(F)c2)CC1. The van der Waals surface area contributed by atoms with Crippen molar-refractivity contribution in [2.45, 2.75) is 26.4 Å². The molecule has 1 aliphatic rings. The Balaban J connectivity index is 1.44. The van der Waals surface area contributed by atoms with Crippen molar-refractivity contribution in [1.82, 2.24) is 15.1 Å². The minimum absolute atomic E-state index is 0.0324. The van der Waals surface area contributed by atoms with Crippen LogP contribution >= 0.6 is 0 Å². The molecule has 1 fully saturated rings. The Bertz CT molecular complexity index is 819. The first-order valence-electron chi connectivity index (χ1n) is 9.67. The van der Waals surface area contributed by atoms with Gasteiger partial charge in [-0.2, -0.15) is 0 Å². The fourth-order valence-electron chi connectivity index (χ4n) is 3.44. The van der Waals surface area contributed by atoms with Crippen LogP contribution in [-0.2, 0) is 11.3 Å². The van der Waals surface area contributed by atoms with Gasteiger partial charge in [-0.1, -0.05) is 30.3 Å². The first-order chi connectivity index (χ1) is 13.4. The molecule has 1 amide bonds. The van der Waals surface area contributed by atoms with Gasteiger partial charge in [0.15, 0.2) is 11.6 Å². The minimum Gasteiger partial charge on any atom is -0.339 e. The van der Waals surface area contributed by atoms with Gasteiger partial charge < -0.3 is 10.2 Å². The molecule has 150 valence electrons. The van der Waals surface area contributed by atoms with Crippen LogP contribution in [0.25, 0.3) is 0 Å². The van der Waals surface area contributed by atoms with Crippen LogP contribution in [0, 0.1) is 18.6 Å². The average Bonchev–Trinajstić information content (AvgIpc) is 2.70. The lowest BCUT2D eigenvalue weighted by Gasteiger charge is -2.35. The monoisotopic (exact) mass is 387 g/mol. The van der Waals surface area contributed by atoms with E-state index in [1.807, 2.05) is 17.9 Å². The second-order valence-electron chi connectivity index (χ2n) is 7.36. The van der Waals surface area contributed by atoms with Gasteiger partial charge in [0, 0.05) is 38.8 Å². The van der Waals surface area contributed by atoms with E-state index in [0.29, 0.717) is 18.7 Å². The summed E-state index contributed by atoms with van der Waals surface area (Å²) in [5.41, 5.74) is 3.23. The third-order valence-corrected chi connectivity index (χ3v) is 5.38. The Labute approximate surface area is 165 Å². The van der Waals surface area contributed by atoms with E-state index in [4.69, 9.17) is 0 Å². The molecule has 0 bridgehead atoms. The average molecular weight is 387 g/mol. The molecule has 3 rings (SSSR count). The number of rotatable bonds is 6. The smallest absolute Gasteiger partial charge is 0.236 e. The largest absolute Gasteiger partial charge is 0.339 e. The highest BCUT2D eigenvalue weighted by Gasteiger charge is 2.21. The zero-order valence-corrected chi connectivity index (χ0v) is 16.4. The maximum Gasteiger partial charge on any atom is 0.236 e. The normalized spacial score (nSPS) is 16.2. The topological polar surface area (TPSA) is 35.6 Å². The number of piperazine rings is 1. The number of carbonyl (C=O) groups is 1. The van der Waals surface area contributed by atoms with Gasteiger partial charge in [-0.25, -0.2) is 8.78 Å². The van der Waals surface area contributed by atoms with Gasteiger partial charge in [-0.05, 0) is 42.7 Å². The van der Waals surface area contributed by atoms with Crippen molar-refractivity contribution in [3.63, 3.8) is 0 Å². The summed E-state index contributed by atoms with van der Waals surface area (Å²) in [6, 6.07) is 11.9. The lowest BCUT2D eigenvalue weighted by Crippen LogP contribution is -2.50. The molecule has 2 aromatic rings. The molecule has 1 atom stereocenters. The van der Waals surface area contributed by atoms with Crippen LogP contribution in [0.3, 0.4) is 0 Å². The predicted molar refractivity (Wildman–Crippen MR) is 106 cm³/mol. The number of hydrogen-bond acceptors (Lipinski definition) is 3. The lowest BCUT2D eigenvalue weighted by atomic mass is 10.1. The van der Waals surface area contributed by atoms with Gasteiger partial charge >= 0.3 is 0 Å². The van der Waals surface area contributed by atoms with E-state index >= 15 is 0 Å². The van der Waals surface area contributed by atoms with Crippen LogP contribution in [0.2, 0.25) is 0 Å².